The minimum atomic E-state index is 0.0842. The molecule has 2 aromatic rings. The summed E-state index contributed by atoms with van der Waals surface area (Å²) in [6, 6.07) is 3.72. The predicted molar refractivity (Wildman–Crippen MR) is 89.7 cm³/mol. The lowest BCUT2D eigenvalue weighted by molar-refractivity contribution is -0.134. The smallest absolute Gasteiger partial charge is 0.249 e. The normalized spacial score (nSPS) is 23.8. The first kappa shape index (κ1) is 16.2. The zero-order valence-electron chi connectivity index (χ0n) is 14.1. The molecule has 0 bridgehead atoms. The van der Waals surface area contributed by atoms with E-state index in [1.54, 1.807) is 12.4 Å². The molecule has 0 aromatic carbocycles. The quantitative estimate of drug-likeness (QED) is 0.849. The predicted octanol–water partition coefficient (Wildman–Crippen LogP) is 2.41. The number of nitrogens with zero attached hydrogens (tertiary/aromatic N) is 4. The van der Waals surface area contributed by atoms with Crippen molar-refractivity contribution in [2.75, 3.05) is 19.7 Å². The van der Waals surface area contributed by atoms with Crippen LogP contribution in [-0.2, 0) is 9.53 Å². The lowest BCUT2D eigenvalue weighted by Crippen LogP contribution is -2.33. The van der Waals surface area contributed by atoms with Gasteiger partial charge >= 0.3 is 0 Å². The molecule has 0 unspecified atom stereocenters. The largest absolute Gasteiger partial charge is 0.420 e. The highest BCUT2D eigenvalue weighted by atomic mass is 16.5. The molecule has 132 valence electrons. The van der Waals surface area contributed by atoms with Crippen molar-refractivity contribution in [3.8, 4) is 11.5 Å². The average Bonchev–Trinajstić information content (AvgIpc) is 3.33. The van der Waals surface area contributed by atoms with Crippen molar-refractivity contribution in [3.05, 3.63) is 30.4 Å². The SMILES string of the molecule is O=C(C[C@H]1CCCCO1)N1CC[C@H](c2nnc(-c3cccnc3)o2)C1. The van der Waals surface area contributed by atoms with E-state index in [2.05, 4.69) is 15.2 Å². The molecule has 0 radical (unpaired) electrons. The summed E-state index contributed by atoms with van der Waals surface area (Å²) in [6.45, 7) is 2.15. The minimum absolute atomic E-state index is 0.0842. The van der Waals surface area contributed by atoms with E-state index in [1.807, 2.05) is 17.0 Å². The molecule has 0 N–H and O–H groups in total. The van der Waals surface area contributed by atoms with Crippen LogP contribution in [0.4, 0.5) is 0 Å². The number of pyridine rings is 1. The Morgan fingerprint density at radius 2 is 2.24 bits per heavy atom. The second-order valence-electron chi connectivity index (χ2n) is 6.71. The van der Waals surface area contributed by atoms with Gasteiger partial charge < -0.3 is 14.1 Å². The molecule has 2 aliphatic heterocycles. The van der Waals surface area contributed by atoms with E-state index in [9.17, 15) is 4.79 Å². The van der Waals surface area contributed by atoms with Gasteiger partial charge in [-0.25, -0.2) is 0 Å². The number of amides is 1. The summed E-state index contributed by atoms with van der Waals surface area (Å²) < 4.78 is 11.5. The number of carbonyl (C=O) groups is 1. The molecule has 0 saturated carbocycles. The van der Waals surface area contributed by atoms with Gasteiger partial charge in [0.2, 0.25) is 17.7 Å². The summed E-state index contributed by atoms with van der Waals surface area (Å²) in [6.07, 6.45) is 8.07. The summed E-state index contributed by atoms with van der Waals surface area (Å²) in [7, 11) is 0. The molecule has 1 amide bonds. The van der Waals surface area contributed by atoms with Gasteiger partial charge in [0, 0.05) is 32.1 Å². The van der Waals surface area contributed by atoms with Crippen molar-refractivity contribution in [2.45, 2.75) is 44.1 Å². The van der Waals surface area contributed by atoms with Gasteiger partial charge in [0.05, 0.1) is 24.0 Å². The van der Waals surface area contributed by atoms with Crippen molar-refractivity contribution in [3.63, 3.8) is 0 Å². The van der Waals surface area contributed by atoms with Gasteiger partial charge in [-0.2, -0.15) is 0 Å². The molecule has 0 aliphatic carbocycles. The van der Waals surface area contributed by atoms with Crippen LogP contribution in [-0.4, -0.2) is 51.8 Å². The molecule has 7 nitrogen and oxygen atoms in total. The molecule has 2 fully saturated rings. The second kappa shape index (κ2) is 7.31. The molecular weight excluding hydrogens is 320 g/mol. The zero-order valence-corrected chi connectivity index (χ0v) is 14.1. The monoisotopic (exact) mass is 342 g/mol. The van der Waals surface area contributed by atoms with Crippen LogP contribution in [0.25, 0.3) is 11.5 Å². The maximum Gasteiger partial charge on any atom is 0.249 e. The highest BCUT2D eigenvalue weighted by Gasteiger charge is 2.32. The Morgan fingerprint density at radius 1 is 1.28 bits per heavy atom. The minimum Gasteiger partial charge on any atom is -0.420 e. The second-order valence-corrected chi connectivity index (χ2v) is 6.71. The molecule has 7 heteroatoms. The third-order valence-electron chi connectivity index (χ3n) is 4.92. The summed E-state index contributed by atoms with van der Waals surface area (Å²) in [5, 5.41) is 8.29. The van der Waals surface area contributed by atoms with E-state index >= 15 is 0 Å². The molecule has 25 heavy (non-hydrogen) atoms. The van der Waals surface area contributed by atoms with Gasteiger partial charge in [-0.1, -0.05) is 0 Å². The van der Waals surface area contributed by atoms with Gasteiger partial charge in [0.1, 0.15) is 0 Å². The van der Waals surface area contributed by atoms with Gasteiger partial charge in [0.15, 0.2) is 0 Å². The average molecular weight is 342 g/mol. The van der Waals surface area contributed by atoms with Crippen molar-refractivity contribution >= 4 is 5.91 Å². The fraction of sp³-hybridized carbons (Fsp3) is 0.556. The highest BCUT2D eigenvalue weighted by molar-refractivity contribution is 5.77. The maximum atomic E-state index is 12.5. The lowest BCUT2D eigenvalue weighted by atomic mass is 10.1. The molecule has 4 heterocycles. The number of likely N-dealkylation sites (tertiary alicyclic amines) is 1. The fourth-order valence-corrected chi connectivity index (χ4v) is 3.49. The zero-order chi connectivity index (χ0) is 17.1. The van der Waals surface area contributed by atoms with E-state index in [-0.39, 0.29) is 17.9 Å². The standard InChI is InChI=1S/C18H22N4O3/c23-16(10-15-5-1-2-9-24-15)22-8-6-14(12-22)18-21-20-17(25-18)13-4-3-7-19-11-13/h3-4,7,11,14-15H,1-2,5-6,8-10,12H2/t14-,15+/m0/s1. The Morgan fingerprint density at radius 3 is 3.04 bits per heavy atom. The van der Waals surface area contributed by atoms with Gasteiger partial charge in [-0.15, -0.1) is 10.2 Å². The van der Waals surface area contributed by atoms with E-state index in [0.29, 0.717) is 24.7 Å². The summed E-state index contributed by atoms with van der Waals surface area (Å²) in [4.78, 5) is 18.5. The Hall–Kier alpha value is -2.28. The molecule has 2 aliphatic rings. The van der Waals surface area contributed by atoms with Gasteiger partial charge in [0.25, 0.3) is 0 Å². The van der Waals surface area contributed by atoms with Crippen LogP contribution >= 0.6 is 0 Å². The first-order valence-corrected chi connectivity index (χ1v) is 8.93. The molecule has 2 atom stereocenters. The van der Waals surface area contributed by atoms with Gasteiger partial charge in [-0.3, -0.25) is 9.78 Å². The number of rotatable bonds is 4. The highest BCUT2D eigenvalue weighted by Crippen LogP contribution is 2.29. The Kier molecular flexibility index (Phi) is 4.74. The van der Waals surface area contributed by atoms with Crippen molar-refractivity contribution in [1.82, 2.24) is 20.1 Å². The maximum absolute atomic E-state index is 12.5. The molecule has 0 spiro atoms. The molecular formula is C18H22N4O3. The Labute approximate surface area is 146 Å². The lowest BCUT2D eigenvalue weighted by Gasteiger charge is -2.24. The van der Waals surface area contributed by atoms with Crippen molar-refractivity contribution < 1.29 is 13.9 Å². The van der Waals surface area contributed by atoms with Crippen LogP contribution in [0, 0.1) is 0 Å². The van der Waals surface area contributed by atoms with E-state index in [0.717, 1.165) is 44.4 Å². The fourth-order valence-electron chi connectivity index (χ4n) is 3.49. The van der Waals surface area contributed by atoms with Crippen LogP contribution in [0.2, 0.25) is 0 Å². The Balaban J connectivity index is 1.36. The van der Waals surface area contributed by atoms with Crippen molar-refractivity contribution in [1.29, 1.82) is 0 Å². The van der Waals surface area contributed by atoms with Crippen LogP contribution in [0.1, 0.15) is 43.9 Å². The van der Waals surface area contributed by atoms with Crippen LogP contribution in [0.15, 0.2) is 28.9 Å². The third-order valence-corrected chi connectivity index (χ3v) is 4.92. The van der Waals surface area contributed by atoms with Gasteiger partial charge in [-0.05, 0) is 37.8 Å². The number of ether oxygens (including phenoxy) is 1. The number of hydrogen-bond donors (Lipinski definition) is 0. The first-order chi connectivity index (χ1) is 12.3. The summed E-state index contributed by atoms with van der Waals surface area (Å²) in [5.41, 5.74) is 0.807. The number of aromatic nitrogens is 3. The van der Waals surface area contributed by atoms with E-state index in [1.165, 1.54) is 0 Å². The molecule has 2 aromatic heterocycles. The molecule has 4 rings (SSSR count). The van der Waals surface area contributed by atoms with Crippen LogP contribution < -0.4 is 0 Å². The van der Waals surface area contributed by atoms with Crippen LogP contribution in [0.3, 0.4) is 0 Å². The number of hydrogen-bond acceptors (Lipinski definition) is 6. The van der Waals surface area contributed by atoms with E-state index in [4.69, 9.17) is 9.15 Å². The number of carbonyl (C=O) groups excluding carboxylic acids is 1. The topological polar surface area (TPSA) is 81.4 Å². The first-order valence-electron chi connectivity index (χ1n) is 8.93. The van der Waals surface area contributed by atoms with Crippen molar-refractivity contribution in [2.24, 2.45) is 0 Å². The Bertz CT molecular complexity index is 712. The molecule has 2 saturated heterocycles. The summed E-state index contributed by atoms with van der Waals surface area (Å²) in [5.74, 6) is 1.35. The third kappa shape index (κ3) is 3.71. The van der Waals surface area contributed by atoms with E-state index < -0.39 is 0 Å². The van der Waals surface area contributed by atoms with Crippen LogP contribution in [0.5, 0.6) is 0 Å². The summed E-state index contributed by atoms with van der Waals surface area (Å²) >= 11 is 0.